The Labute approximate surface area is 282 Å². The van der Waals surface area contributed by atoms with Crippen molar-refractivity contribution >= 4 is 11.9 Å². The van der Waals surface area contributed by atoms with E-state index >= 15 is 0 Å². The summed E-state index contributed by atoms with van der Waals surface area (Å²) < 4.78 is 13.2. The van der Waals surface area contributed by atoms with E-state index in [1.165, 1.54) is 0 Å². The van der Waals surface area contributed by atoms with Gasteiger partial charge in [-0.1, -0.05) is 66.7 Å². The molecule has 1 aliphatic rings. The van der Waals surface area contributed by atoms with Crippen LogP contribution in [0.3, 0.4) is 0 Å². The van der Waals surface area contributed by atoms with Gasteiger partial charge in [-0.15, -0.1) is 0 Å². The average molecular weight is 652 g/mol. The lowest BCUT2D eigenvalue weighted by Crippen LogP contribution is -2.38. The van der Waals surface area contributed by atoms with E-state index in [4.69, 9.17) is 14.6 Å². The number of aliphatic hydroxyl groups is 1. The van der Waals surface area contributed by atoms with Crippen LogP contribution in [0.2, 0.25) is 0 Å². The molecule has 0 saturated carbocycles. The number of unbranched alkanes of at least 4 members (excludes halogenated alkanes) is 1. The largest absolute Gasteiger partial charge is 0.481 e. The molecule has 4 aromatic rings. The monoisotopic (exact) mass is 651 g/mol. The quantitative estimate of drug-likeness (QED) is 0.122. The van der Waals surface area contributed by atoms with E-state index in [1.807, 2.05) is 79.0 Å². The summed E-state index contributed by atoms with van der Waals surface area (Å²) in [6, 6.07) is 30.2. The van der Waals surface area contributed by atoms with Crippen LogP contribution in [0.1, 0.15) is 72.4 Å². The highest BCUT2D eigenvalue weighted by atomic mass is 16.7. The number of aromatic nitrogens is 1. The molecule has 1 aliphatic heterocycles. The Hall–Kier alpha value is -4.41. The highest BCUT2D eigenvalue weighted by Crippen LogP contribution is 2.39. The molecule has 2 heterocycles. The van der Waals surface area contributed by atoms with Gasteiger partial charge in [0.15, 0.2) is 6.29 Å². The Kier molecular flexibility index (Phi) is 12.8. The SMILES string of the molecule is CN(CCc1ccccn1)CC1CC(c2ccc(CO)cc2)OC(c2cccc(-c3cccc(CNC(=O)CCCCC(=O)O)c3)c2)O1. The molecule has 3 unspecified atom stereocenters. The molecule has 1 saturated heterocycles. The highest BCUT2D eigenvalue weighted by molar-refractivity contribution is 5.76. The molecule has 9 nitrogen and oxygen atoms in total. The molecule has 9 heteroatoms. The van der Waals surface area contributed by atoms with Gasteiger partial charge >= 0.3 is 5.97 Å². The third kappa shape index (κ3) is 10.6. The topological polar surface area (TPSA) is 121 Å². The predicted molar refractivity (Wildman–Crippen MR) is 184 cm³/mol. The van der Waals surface area contributed by atoms with E-state index in [-0.39, 0.29) is 31.1 Å². The summed E-state index contributed by atoms with van der Waals surface area (Å²) in [5, 5.41) is 21.3. The second kappa shape index (κ2) is 17.7. The van der Waals surface area contributed by atoms with Crippen LogP contribution in [0.4, 0.5) is 0 Å². The van der Waals surface area contributed by atoms with E-state index in [1.54, 1.807) is 0 Å². The number of aliphatic carboxylic acids is 1. The third-order valence-electron chi connectivity index (χ3n) is 8.56. The Morgan fingerprint density at radius 1 is 0.875 bits per heavy atom. The zero-order valence-electron chi connectivity index (χ0n) is 27.5. The molecule has 3 N–H and O–H groups in total. The molecule has 3 aromatic carbocycles. The molecule has 1 aromatic heterocycles. The normalized spacial score (nSPS) is 17.7. The summed E-state index contributed by atoms with van der Waals surface area (Å²) >= 11 is 0. The fourth-order valence-electron chi connectivity index (χ4n) is 5.90. The van der Waals surface area contributed by atoms with Gasteiger partial charge in [-0.05, 0) is 72.0 Å². The number of carbonyl (C=O) groups is 2. The molecule has 48 heavy (non-hydrogen) atoms. The summed E-state index contributed by atoms with van der Waals surface area (Å²) in [7, 11) is 2.11. The number of nitrogens with one attached hydrogen (secondary N) is 1. The fraction of sp³-hybridized carbons (Fsp3) is 0.359. The number of carbonyl (C=O) groups excluding carboxylic acids is 1. The maximum atomic E-state index is 12.3. The summed E-state index contributed by atoms with van der Waals surface area (Å²) in [5.41, 5.74) is 6.90. The molecular formula is C39H45N3O6. The van der Waals surface area contributed by atoms with Crippen LogP contribution in [0.15, 0.2) is 97.2 Å². The van der Waals surface area contributed by atoms with Crippen molar-refractivity contribution in [3.63, 3.8) is 0 Å². The number of carboxylic acids is 1. The van der Waals surface area contributed by atoms with Gasteiger partial charge in [-0.3, -0.25) is 14.6 Å². The molecule has 252 valence electrons. The minimum absolute atomic E-state index is 0.00378. The fourth-order valence-corrected chi connectivity index (χ4v) is 5.90. The Bertz CT molecular complexity index is 1610. The van der Waals surface area contributed by atoms with Crippen LogP contribution in [0.25, 0.3) is 11.1 Å². The lowest BCUT2D eigenvalue weighted by atomic mass is 9.98. The first-order valence-corrected chi connectivity index (χ1v) is 16.6. The van der Waals surface area contributed by atoms with Crippen molar-refractivity contribution < 1.29 is 29.3 Å². The number of hydrogen-bond donors (Lipinski definition) is 3. The van der Waals surface area contributed by atoms with Crippen LogP contribution >= 0.6 is 0 Å². The maximum Gasteiger partial charge on any atom is 0.303 e. The number of ether oxygens (including phenoxy) is 2. The number of likely N-dealkylation sites (N-methyl/N-ethyl adjacent to an activating group) is 1. The van der Waals surface area contributed by atoms with Gasteiger partial charge in [0.1, 0.15) is 0 Å². The molecule has 5 rings (SSSR count). The van der Waals surface area contributed by atoms with Gasteiger partial charge in [0.05, 0.1) is 18.8 Å². The van der Waals surface area contributed by atoms with Gasteiger partial charge in [0, 0.05) is 62.8 Å². The van der Waals surface area contributed by atoms with Gasteiger partial charge in [0.2, 0.25) is 5.91 Å². The second-order valence-corrected chi connectivity index (χ2v) is 12.4. The van der Waals surface area contributed by atoms with Gasteiger partial charge in [0.25, 0.3) is 0 Å². The van der Waals surface area contributed by atoms with E-state index in [0.29, 0.717) is 32.2 Å². The van der Waals surface area contributed by atoms with Crippen molar-refractivity contribution in [1.82, 2.24) is 15.2 Å². The molecule has 0 spiro atoms. The number of pyridine rings is 1. The minimum Gasteiger partial charge on any atom is -0.481 e. The lowest BCUT2D eigenvalue weighted by molar-refractivity contribution is -0.252. The van der Waals surface area contributed by atoms with Crippen molar-refractivity contribution in [2.45, 2.75) is 70.2 Å². The highest BCUT2D eigenvalue weighted by Gasteiger charge is 2.33. The number of aliphatic hydroxyl groups excluding tert-OH is 1. The van der Waals surface area contributed by atoms with Crippen molar-refractivity contribution in [2.75, 3.05) is 20.1 Å². The predicted octanol–water partition coefficient (Wildman–Crippen LogP) is 6.22. The first-order chi connectivity index (χ1) is 23.4. The van der Waals surface area contributed by atoms with Gasteiger partial charge in [-0.2, -0.15) is 0 Å². The summed E-state index contributed by atoms with van der Waals surface area (Å²) in [4.78, 5) is 29.7. The maximum absolute atomic E-state index is 12.3. The van der Waals surface area contributed by atoms with Gasteiger partial charge < -0.3 is 29.9 Å². The van der Waals surface area contributed by atoms with Crippen LogP contribution in [0.5, 0.6) is 0 Å². The van der Waals surface area contributed by atoms with E-state index in [0.717, 1.165) is 58.6 Å². The van der Waals surface area contributed by atoms with E-state index in [2.05, 4.69) is 40.4 Å². The Morgan fingerprint density at radius 3 is 2.40 bits per heavy atom. The van der Waals surface area contributed by atoms with E-state index in [9.17, 15) is 14.7 Å². The molecule has 0 aliphatic carbocycles. The van der Waals surface area contributed by atoms with Crippen LogP contribution in [-0.4, -0.2) is 58.2 Å². The van der Waals surface area contributed by atoms with Gasteiger partial charge in [-0.25, -0.2) is 0 Å². The number of benzene rings is 3. The standard InChI is InChI=1S/C39H45N3O6/c1-42(21-19-34-12-4-5-20-40-34)26-35-24-36(30-17-15-28(27-43)16-18-30)48-39(47-35)33-11-7-10-32(23-33)31-9-6-8-29(22-31)25-41-37(44)13-2-3-14-38(45)46/h4-12,15-18,20,22-23,35-36,39,43H,2-3,13-14,19,21,24-27H2,1H3,(H,41,44)(H,45,46). The van der Waals surface area contributed by atoms with E-state index < -0.39 is 12.3 Å². The van der Waals surface area contributed by atoms with Crippen LogP contribution in [0, 0.1) is 0 Å². The summed E-state index contributed by atoms with van der Waals surface area (Å²) in [6.45, 7) is 1.99. The van der Waals surface area contributed by atoms with Crippen molar-refractivity contribution in [3.05, 3.63) is 125 Å². The number of hydrogen-bond acceptors (Lipinski definition) is 7. The number of rotatable bonds is 16. The Morgan fingerprint density at radius 2 is 1.65 bits per heavy atom. The van der Waals surface area contributed by atoms with Crippen molar-refractivity contribution in [1.29, 1.82) is 0 Å². The molecular weight excluding hydrogens is 606 g/mol. The molecule has 1 fully saturated rings. The summed E-state index contributed by atoms with van der Waals surface area (Å²) in [5.74, 6) is -0.928. The second-order valence-electron chi connectivity index (χ2n) is 12.4. The first-order valence-electron chi connectivity index (χ1n) is 16.6. The number of nitrogens with zero attached hydrogens (tertiary/aromatic N) is 2. The first kappa shape index (κ1) is 34.9. The van der Waals surface area contributed by atoms with Crippen LogP contribution < -0.4 is 5.32 Å². The van der Waals surface area contributed by atoms with Crippen molar-refractivity contribution in [3.8, 4) is 11.1 Å². The molecule has 0 bridgehead atoms. The molecule has 3 atom stereocenters. The average Bonchev–Trinajstić information content (AvgIpc) is 3.12. The third-order valence-corrected chi connectivity index (χ3v) is 8.56. The van der Waals surface area contributed by atoms with Crippen LogP contribution in [-0.2, 0) is 38.6 Å². The lowest BCUT2D eigenvalue weighted by Gasteiger charge is -2.38. The number of amides is 1. The number of carboxylic acid groups (broad SMARTS) is 1. The molecule has 0 radical (unpaired) electrons. The minimum atomic E-state index is -0.842. The summed E-state index contributed by atoms with van der Waals surface area (Å²) in [6.07, 6.45) is 3.99. The zero-order chi connectivity index (χ0) is 33.7. The zero-order valence-corrected chi connectivity index (χ0v) is 27.5. The smallest absolute Gasteiger partial charge is 0.303 e. The Balaban J connectivity index is 1.27. The molecule has 1 amide bonds. The van der Waals surface area contributed by atoms with Crippen molar-refractivity contribution in [2.24, 2.45) is 0 Å².